The third-order valence-electron chi connectivity index (χ3n) is 3.31. The number of nitrogens with one attached hydrogen (secondary N) is 1. The van der Waals surface area contributed by atoms with Crippen molar-refractivity contribution in [2.24, 2.45) is 0 Å². The van der Waals surface area contributed by atoms with Gasteiger partial charge in [-0.2, -0.15) is 4.98 Å². The molecular formula is C15H21N3O. The molecule has 2 aromatic rings. The Kier molecular flexibility index (Phi) is 5.10. The number of rotatable bonds is 7. The van der Waals surface area contributed by atoms with Crippen molar-refractivity contribution >= 4 is 0 Å². The third kappa shape index (κ3) is 4.17. The summed E-state index contributed by atoms with van der Waals surface area (Å²) in [6, 6.07) is 10.8. The molecule has 1 unspecified atom stereocenters. The summed E-state index contributed by atoms with van der Waals surface area (Å²) in [6.45, 7) is 2.15. The monoisotopic (exact) mass is 259 g/mol. The Balaban J connectivity index is 1.87. The standard InChI is InChI=1S/C15H21N3O/c1-3-13(16-2)11-15-17-14(18-19-15)10-9-12-7-5-4-6-8-12/h4-8,13,16H,3,9-11H2,1-2H3. The van der Waals surface area contributed by atoms with Gasteiger partial charge in [0.2, 0.25) is 5.89 Å². The number of hydrogen-bond acceptors (Lipinski definition) is 4. The van der Waals surface area contributed by atoms with Crippen molar-refractivity contribution in [3.05, 3.63) is 47.6 Å². The molecule has 1 N–H and O–H groups in total. The Morgan fingerprint density at radius 1 is 1.21 bits per heavy atom. The maximum Gasteiger partial charge on any atom is 0.228 e. The number of hydrogen-bond donors (Lipinski definition) is 1. The Labute approximate surface area is 114 Å². The van der Waals surface area contributed by atoms with Crippen molar-refractivity contribution in [3.8, 4) is 0 Å². The first kappa shape index (κ1) is 13.7. The van der Waals surface area contributed by atoms with Gasteiger partial charge in [0.15, 0.2) is 5.82 Å². The van der Waals surface area contributed by atoms with Crippen LogP contribution in [0.5, 0.6) is 0 Å². The molecule has 0 bridgehead atoms. The first-order valence-corrected chi connectivity index (χ1v) is 6.84. The van der Waals surface area contributed by atoms with Crippen molar-refractivity contribution in [1.29, 1.82) is 0 Å². The topological polar surface area (TPSA) is 51.0 Å². The summed E-state index contributed by atoms with van der Waals surface area (Å²) >= 11 is 0. The lowest BCUT2D eigenvalue weighted by Crippen LogP contribution is -2.26. The molecule has 0 aliphatic heterocycles. The number of nitrogens with zero attached hydrogens (tertiary/aromatic N) is 2. The van der Waals surface area contributed by atoms with Crippen LogP contribution in [0.1, 0.15) is 30.6 Å². The fourth-order valence-corrected chi connectivity index (χ4v) is 2.04. The zero-order valence-corrected chi connectivity index (χ0v) is 11.6. The molecule has 0 spiro atoms. The molecule has 0 saturated heterocycles. The third-order valence-corrected chi connectivity index (χ3v) is 3.31. The van der Waals surface area contributed by atoms with E-state index in [1.165, 1.54) is 5.56 Å². The van der Waals surface area contributed by atoms with Crippen LogP contribution in [0.3, 0.4) is 0 Å². The average Bonchev–Trinajstić information content (AvgIpc) is 2.91. The van der Waals surface area contributed by atoms with Gasteiger partial charge in [-0.25, -0.2) is 0 Å². The van der Waals surface area contributed by atoms with E-state index in [4.69, 9.17) is 4.52 Å². The number of aromatic nitrogens is 2. The Bertz CT molecular complexity index is 477. The van der Waals surface area contributed by atoms with Gasteiger partial charge in [0.05, 0.1) is 0 Å². The van der Waals surface area contributed by atoms with Gasteiger partial charge in [-0.05, 0) is 25.5 Å². The minimum Gasteiger partial charge on any atom is -0.339 e. The second-order valence-corrected chi connectivity index (χ2v) is 4.69. The van der Waals surface area contributed by atoms with Crippen molar-refractivity contribution in [2.75, 3.05) is 7.05 Å². The molecule has 4 heteroatoms. The highest BCUT2D eigenvalue weighted by atomic mass is 16.5. The molecule has 0 amide bonds. The van der Waals surface area contributed by atoms with E-state index in [-0.39, 0.29) is 0 Å². The summed E-state index contributed by atoms with van der Waals surface area (Å²) in [5.41, 5.74) is 1.30. The predicted molar refractivity (Wildman–Crippen MR) is 75.0 cm³/mol. The van der Waals surface area contributed by atoms with Crippen molar-refractivity contribution < 1.29 is 4.52 Å². The minimum atomic E-state index is 0.405. The molecule has 1 atom stereocenters. The molecule has 102 valence electrons. The molecule has 1 aromatic carbocycles. The highest BCUT2D eigenvalue weighted by molar-refractivity contribution is 5.15. The van der Waals surface area contributed by atoms with Crippen LogP contribution in [-0.4, -0.2) is 23.2 Å². The van der Waals surface area contributed by atoms with Crippen LogP contribution in [-0.2, 0) is 19.3 Å². The van der Waals surface area contributed by atoms with E-state index < -0.39 is 0 Å². The molecule has 4 nitrogen and oxygen atoms in total. The van der Waals surface area contributed by atoms with Crippen LogP contribution in [0.2, 0.25) is 0 Å². The fourth-order valence-electron chi connectivity index (χ4n) is 2.04. The molecule has 0 aliphatic carbocycles. The summed E-state index contributed by atoms with van der Waals surface area (Å²) in [4.78, 5) is 4.44. The van der Waals surface area contributed by atoms with E-state index in [0.29, 0.717) is 6.04 Å². The SMILES string of the molecule is CCC(Cc1nc(CCc2ccccc2)no1)NC. The predicted octanol–water partition coefficient (Wildman–Crippen LogP) is 2.40. The van der Waals surface area contributed by atoms with E-state index in [9.17, 15) is 0 Å². The van der Waals surface area contributed by atoms with E-state index in [1.807, 2.05) is 13.1 Å². The minimum absolute atomic E-state index is 0.405. The average molecular weight is 259 g/mol. The summed E-state index contributed by atoms with van der Waals surface area (Å²) in [5, 5.41) is 7.28. The molecule has 1 aromatic heterocycles. The Hall–Kier alpha value is -1.68. The normalized spacial score (nSPS) is 12.5. The van der Waals surface area contributed by atoms with Gasteiger partial charge >= 0.3 is 0 Å². The first-order valence-electron chi connectivity index (χ1n) is 6.84. The van der Waals surface area contributed by atoms with Crippen molar-refractivity contribution in [2.45, 2.75) is 38.6 Å². The van der Waals surface area contributed by atoms with E-state index in [0.717, 1.165) is 37.4 Å². The number of benzene rings is 1. The molecule has 19 heavy (non-hydrogen) atoms. The van der Waals surface area contributed by atoms with Gasteiger partial charge in [0.1, 0.15) is 0 Å². The summed E-state index contributed by atoms with van der Waals surface area (Å²) < 4.78 is 5.29. The fraction of sp³-hybridized carbons (Fsp3) is 0.467. The van der Waals surface area contributed by atoms with Crippen LogP contribution in [0.4, 0.5) is 0 Å². The van der Waals surface area contributed by atoms with Crippen LogP contribution < -0.4 is 5.32 Å². The molecule has 2 rings (SSSR count). The molecule has 0 saturated carbocycles. The molecular weight excluding hydrogens is 238 g/mol. The van der Waals surface area contributed by atoms with Crippen LogP contribution in [0, 0.1) is 0 Å². The van der Waals surface area contributed by atoms with Crippen LogP contribution in [0.15, 0.2) is 34.9 Å². The maximum atomic E-state index is 5.29. The largest absolute Gasteiger partial charge is 0.339 e. The summed E-state index contributed by atoms with van der Waals surface area (Å²) in [5.74, 6) is 1.52. The van der Waals surface area contributed by atoms with Crippen LogP contribution in [0.25, 0.3) is 0 Å². The molecule has 0 fully saturated rings. The highest BCUT2D eigenvalue weighted by Gasteiger charge is 2.11. The van der Waals surface area contributed by atoms with Crippen molar-refractivity contribution in [1.82, 2.24) is 15.5 Å². The second kappa shape index (κ2) is 7.04. The van der Waals surface area contributed by atoms with Gasteiger partial charge in [0, 0.05) is 18.9 Å². The van der Waals surface area contributed by atoms with Gasteiger partial charge < -0.3 is 9.84 Å². The van der Waals surface area contributed by atoms with E-state index in [1.54, 1.807) is 0 Å². The maximum absolute atomic E-state index is 5.29. The zero-order chi connectivity index (χ0) is 13.5. The van der Waals surface area contributed by atoms with Crippen molar-refractivity contribution in [3.63, 3.8) is 0 Å². The molecule has 1 heterocycles. The van der Waals surface area contributed by atoms with Gasteiger partial charge in [-0.15, -0.1) is 0 Å². The smallest absolute Gasteiger partial charge is 0.228 e. The molecule has 0 radical (unpaired) electrons. The lowest BCUT2D eigenvalue weighted by molar-refractivity contribution is 0.355. The molecule has 0 aliphatic rings. The highest BCUT2D eigenvalue weighted by Crippen LogP contribution is 2.07. The van der Waals surface area contributed by atoms with E-state index in [2.05, 4.69) is 46.6 Å². The summed E-state index contributed by atoms with van der Waals surface area (Å²) in [7, 11) is 1.96. The number of aryl methyl sites for hydroxylation is 2. The lowest BCUT2D eigenvalue weighted by Gasteiger charge is -2.09. The van der Waals surface area contributed by atoms with Gasteiger partial charge in [-0.1, -0.05) is 42.4 Å². The summed E-state index contributed by atoms with van der Waals surface area (Å²) in [6.07, 6.45) is 3.62. The van der Waals surface area contributed by atoms with Gasteiger partial charge in [0.25, 0.3) is 0 Å². The Morgan fingerprint density at radius 3 is 2.68 bits per heavy atom. The quantitative estimate of drug-likeness (QED) is 0.829. The lowest BCUT2D eigenvalue weighted by atomic mass is 10.1. The Morgan fingerprint density at radius 2 is 2.00 bits per heavy atom. The number of likely N-dealkylation sites (N-methyl/N-ethyl adjacent to an activating group) is 1. The second-order valence-electron chi connectivity index (χ2n) is 4.69. The van der Waals surface area contributed by atoms with Gasteiger partial charge in [-0.3, -0.25) is 0 Å². The van der Waals surface area contributed by atoms with Crippen LogP contribution >= 0.6 is 0 Å². The van der Waals surface area contributed by atoms with E-state index >= 15 is 0 Å². The first-order chi connectivity index (χ1) is 9.31. The zero-order valence-electron chi connectivity index (χ0n) is 11.6.